The van der Waals surface area contributed by atoms with E-state index in [4.69, 9.17) is 9.72 Å². The van der Waals surface area contributed by atoms with E-state index in [1.165, 1.54) is 0 Å². The largest absolute Gasteiger partial charge is 0.456 e. The van der Waals surface area contributed by atoms with Gasteiger partial charge < -0.3 is 14.8 Å². The molecule has 6 rings (SSSR count). The third kappa shape index (κ3) is 4.30. The number of nitrogens with one attached hydrogen (secondary N) is 2. The summed E-state index contributed by atoms with van der Waals surface area (Å²) in [6.07, 6.45) is 0. The lowest BCUT2D eigenvalue weighted by Gasteiger charge is -2.24. The molecule has 35 heavy (non-hydrogen) atoms. The van der Waals surface area contributed by atoms with E-state index in [0.29, 0.717) is 17.3 Å². The number of hydrogen-bond acceptors (Lipinski definition) is 3. The highest BCUT2D eigenvalue weighted by Gasteiger charge is 2.28. The molecule has 5 aromatic rings. The number of imidazole rings is 1. The molecule has 0 unspecified atom stereocenters. The Morgan fingerprint density at radius 2 is 1.26 bits per heavy atom. The molecular formula is C29H22N3O2P. The van der Waals surface area contributed by atoms with E-state index >= 15 is 0 Å². The van der Waals surface area contributed by atoms with Gasteiger partial charge in [-0.2, -0.15) is 0 Å². The summed E-state index contributed by atoms with van der Waals surface area (Å²) < 4.78 is 20.6. The molecule has 4 aromatic carbocycles. The smallest absolute Gasteiger partial charge is 0.220 e. The fraction of sp³-hybridized carbons (Fsp3) is 0. The van der Waals surface area contributed by atoms with Crippen LogP contribution < -0.4 is 5.09 Å². The summed E-state index contributed by atoms with van der Waals surface area (Å²) in [7, 11) is -3.20. The molecule has 2 heterocycles. The highest BCUT2D eigenvalue weighted by molar-refractivity contribution is 7.72. The number of hydrogen-bond donors (Lipinski definition) is 2. The Morgan fingerprint density at radius 3 is 1.91 bits per heavy atom. The number of anilines is 1. The van der Waals surface area contributed by atoms with Crippen molar-refractivity contribution in [3.05, 3.63) is 132 Å². The zero-order valence-electron chi connectivity index (χ0n) is 18.8. The fourth-order valence-corrected chi connectivity index (χ4v) is 6.02. The summed E-state index contributed by atoms with van der Waals surface area (Å²) in [5, 5.41) is 3.33. The molecule has 6 heteroatoms. The topological polar surface area (TPSA) is 67.0 Å². The number of aromatic amines is 1. The van der Waals surface area contributed by atoms with Crippen molar-refractivity contribution < 1.29 is 9.30 Å². The second-order valence-electron chi connectivity index (χ2n) is 8.29. The van der Waals surface area contributed by atoms with E-state index in [2.05, 4.69) is 10.1 Å². The Labute approximate surface area is 203 Å². The Hall–Kier alpha value is -4.34. The maximum Gasteiger partial charge on any atom is 0.220 e. The summed E-state index contributed by atoms with van der Waals surface area (Å²) in [5.41, 5.74) is 5.13. The molecule has 0 atom stereocenters. The summed E-state index contributed by atoms with van der Waals surface area (Å²) in [6, 6.07) is 35.1. The number of para-hydroxylation sites is 3. The molecule has 5 nitrogen and oxygen atoms in total. The van der Waals surface area contributed by atoms with Gasteiger partial charge in [0.2, 0.25) is 7.29 Å². The maximum atomic E-state index is 14.4. The van der Waals surface area contributed by atoms with Crippen LogP contribution in [0.2, 0.25) is 0 Å². The van der Waals surface area contributed by atoms with Crippen LogP contribution in [-0.2, 0) is 9.30 Å². The summed E-state index contributed by atoms with van der Waals surface area (Å²) in [5.74, 6) is 5.23. The van der Waals surface area contributed by atoms with Crippen LogP contribution in [0, 0.1) is 0 Å². The van der Waals surface area contributed by atoms with Gasteiger partial charge in [0.25, 0.3) is 0 Å². The lowest BCUT2D eigenvalue weighted by atomic mass is 10.2. The highest BCUT2D eigenvalue weighted by Crippen LogP contribution is 2.56. The lowest BCUT2D eigenvalue weighted by molar-refractivity contribution is 0.469. The number of ether oxygens (including phenoxy) is 1. The maximum absolute atomic E-state index is 14.4. The van der Waals surface area contributed by atoms with Crippen LogP contribution in [0.5, 0.6) is 0 Å². The van der Waals surface area contributed by atoms with Gasteiger partial charge in [-0.05, 0) is 24.3 Å². The number of H-pyrrole nitrogens is 1. The van der Waals surface area contributed by atoms with Crippen LogP contribution in [0.4, 0.5) is 5.69 Å². The van der Waals surface area contributed by atoms with Crippen LogP contribution in [-0.4, -0.2) is 9.97 Å². The minimum atomic E-state index is -3.20. The normalized spacial score (nSPS) is 14.6. The molecule has 1 aliphatic rings. The number of aromatic nitrogens is 2. The van der Waals surface area contributed by atoms with Gasteiger partial charge in [0.05, 0.1) is 16.7 Å². The second kappa shape index (κ2) is 8.79. The first-order valence-electron chi connectivity index (χ1n) is 11.3. The second-order valence-corrected chi connectivity index (χ2v) is 10.4. The van der Waals surface area contributed by atoms with Crippen LogP contribution in [0.25, 0.3) is 33.9 Å². The van der Waals surface area contributed by atoms with Crippen LogP contribution in [0.1, 0.15) is 11.1 Å². The van der Waals surface area contributed by atoms with Gasteiger partial charge in [0.1, 0.15) is 17.3 Å². The van der Waals surface area contributed by atoms with Crippen molar-refractivity contribution in [1.82, 2.24) is 9.97 Å². The van der Waals surface area contributed by atoms with Crippen molar-refractivity contribution in [1.29, 1.82) is 0 Å². The van der Waals surface area contributed by atoms with E-state index in [1.54, 1.807) is 11.6 Å². The lowest BCUT2D eigenvalue weighted by Crippen LogP contribution is -2.04. The number of nitrogens with zero attached hydrogens (tertiary/aromatic N) is 1. The van der Waals surface area contributed by atoms with Crippen molar-refractivity contribution in [2.45, 2.75) is 0 Å². The van der Waals surface area contributed by atoms with Gasteiger partial charge >= 0.3 is 0 Å². The summed E-state index contributed by atoms with van der Waals surface area (Å²) in [4.78, 5) is 8.12. The molecule has 0 saturated heterocycles. The van der Waals surface area contributed by atoms with Crippen molar-refractivity contribution >= 4 is 35.5 Å². The molecule has 0 bridgehead atoms. The van der Waals surface area contributed by atoms with Crippen molar-refractivity contribution in [3.8, 4) is 11.4 Å². The SMILES string of the molecule is O=P1(Nc2ccccc2-c2nc3ccccc3[nH]2)C=C(c2ccccc2)OC(c2ccccc2)=C1. The van der Waals surface area contributed by atoms with Crippen LogP contribution in [0.3, 0.4) is 0 Å². The summed E-state index contributed by atoms with van der Waals surface area (Å²) in [6.45, 7) is 0. The molecule has 1 aromatic heterocycles. The first-order chi connectivity index (χ1) is 17.2. The van der Waals surface area contributed by atoms with E-state index < -0.39 is 7.29 Å². The van der Waals surface area contributed by atoms with Gasteiger partial charge in [0, 0.05) is 28.3 Å². The monoisotopic (exact) mass is 475 g/mol. The third-order valence-electron chi connectivity index (χ3n) is 5.82. The predicted octanol–water partition coefficient (Wildman–Crippen LogP) is 7.95. The van der Waals surface area contributed by atoms with Crippen molar-refractivity contribution in [3.63, 3.8) is 0 Å². The molecule has 0 saturated carbocycles. The highest BCUT2D eigenvalue weighted by atomic mass is 31.2. The Morgan fingerprint density at radius 1 is 0.686 bits per heavy atom. The van der Waals surface area contributed by atoms with Gasteiger partial charge in [0.15, 0.2) is 0 Å². The zero-order chi connectivity index (χ0) is 23.7. The van der Waals surface area contributed by atoms with Gasteiger partial charge in [-0.1, -0.05) is 84.9 Å². The van der Waals surface area contributed by atoms with E-state index in [0.717, 1.165) is 33.4 Å². The molecule has 0 fully saturated rings. The fourth-order valence-electron chi connectivity index (χ4n) is 4.15. The van der Waals surface area contributed by atoms with E-state index in [-0.39, 0.29) is 0 Å². The minimum absolute atomic E-state index is 0.559. The van der Waals surface area contributed by atoms with Crippen LogP contribution >= 0.6 is 7.29 Å². The Kier molecular flexibility index (Phi) is 5.32. The molecule has 0 aliphatic carbocycles. The molecule has 0 radical (unpaired) electrons. The number of benzene rings is 4. The standard InChI is InChI=1S/C29H22N3O2P/c33-35(32-24-16-8-7-15-23(24)29-30-25-17-9-10-18-26(25)31-29)19-27(21-11-3-1-4-12-21)34-28(20-35)22-13-5-2-6-14-22/h1-20H,(H,30,31)(H,32,33). The Balaban J connectivity index is 1.44. The first-order valence-corrected chi connectivity index (χ1v) is 13.2. The van der Waals surface area contributed by atoms with E-state index in [1.807, 2.05) is 109 Å². The van der Waals surface area contributed by atoms with Crippen LogP contribution in [0.15, 0.2) is 121 Å². The molecule has 170 valence electrons. The first kappa shape index (κ1) is 21.2. The van der Waals surface area contributed by atoms with E-state index in [9.17, 15) is 4.57 Å². The molecular weight excluding hydrogens is 453 g/mol. The average Bonchev–Trinajstić information content (AvgIpc) is 3.34. The van der Waals surface area contributed by atoms with Gasteiger partial charge in [-0.15, -0.1) is 0 Å². The number of rotatable bonds is 5. The van der Waals surface area contributed by atoms with Gasteiger partial charge in [-0.25, -0.2) is 4.98 Å². The third-order valence-corrected chi connectivity index (χ3v) is 7.65. The molecule has 1 aliphatic heterocycles. The molecule has 2 N–H and O–H groups in total. The number of fused-ring (bicyclic) bond motifs is 1. The molecule has 0 amide bonds. The zero-order valence-corrected chi connectivity index (χ0v) is 19.7. The summed E-state index contributed by atoms with van der Waals surface area (Å²) >= 11 is 0. The van der Waals surface area contributed by atoms with Gasteiger partial charge in [-0.3, -0.25) is 4.57 Å². The molecule has 0 spiro atoms. The van der Waals surface area contributed by atoms with Crippen molar-refractivity contribution in [2.24, 2.45) is 0 Å². The average molecular weight is 475 g/mol. The predicted molar refractivity (Wildman–Crippen MR) is 143 cm³/mol. The van der Waals surface area contributed by atoms with Crippen molar-refractivity contribution in [2.75, 3.05) is 5.09 Å². The Bertz CT molecular complexity index is 1530. The quantitative estimate of drug-likeness (QED) is 0.253. The minimum Gasteiger partial charge on any atom is -0.456 e.